The molecule has 70 valence electrons. The molecule has 0 aromatic carbocycles. The molecule has 0 unspecified atom stereocenters. The summed E-state index contributed by atoms with van der Waals surface area (Å²) in [5.41, 5.74) is 6.89. The minimum atomic E-state index is 0.377. The van der Waals surface area contributed by atoms with Gasteiger partial charge in [0.25, 0.3) is 0 Å². The van der Waals surface area contributed by atoms with Crippen LogP contribution < -0.4 is 5.73 Å². The first kappa shape index (κ1) is 8.51. The van der Waals surface area contributed by atoms with Crippen molar-refractivity contribution in [2.75, 3.05) is 5.73 Å². The molecule has 2 aromatic rings. The maximum Gasteiger partial charge on any atom is 0.164 e. The number of nitrogens with zero attached hydrogens (tertiary/aromatic N) is 4. The third-order valence-electron chi connectivity index (χ3n) is 1.99. The first-order chi connectivity index (χ1) is 6.77. The molecule has 0 fully saturated rings. The predicted molar refractivity (Wildman–Crippen MR) is 53.3 cm³/mol. The molecule has 2 aromatic heterocycles. The molecule has 0 spiro atoms. The Balaban J connectivity index is 2.91. The summed E-state index contributed by atoms with van der Waals surface area (Å²) in [6, 6.07) is 0. The number of anilines is 1. The molecule has 14 heavy (non-hydrogen) atoms. The number of aromatic nitrogens is 4. The Kier molecular flexibility index (Phi) is 1.82. The third-order valence-corrected chi connectivity index (χ3v) is 1.99. The van der Waals surface area contributed by atoms with E-state index in [1.54, 1.807) is 4.68 Å². The summed E-state index contributed by atoms with van der Waals surface area (Å²) in [4.78, 5) is 7.98. The highest BCUT2D eigenvalue weighted by Gasteiger charge is 2.12. The lowest BCUT2D eigenvalue weighted by Crippen LogP contribution is -1.98. The maximum absolute atomic E-state index is 5.70. The van der Waals surface area contributed by atoms with E-state index >= 15 is 0 Å². The number of nitrogen functional groups attached to an aromatic ring is 1. The quantitative estimate of drug-likeness (QED) is 0.656. The van der Waals surface area contributed by atoms with Crippen LogP contribution in [0.1, 0.15) is 12.6 Å². The average Bonchev–Trinajstić information content (AvgIpc) is 2.57. The maximum atomic E-state index is 5.70. The van der Waals surface area contributed by atoms with E-state index in [1.807, 2.05) is 6.92 Å². The smallest absolute Gasteiger partial charge is 0.164 e. The fourth-order valence-electron chi connectivity index (χ4n) is 1.35. The number of hydrogen-bond donors (Lipinski definition) is 1. The van der Waals surface area contributed by atoms with E-state index in [4.69, 9.17) is 12.2 Å². The summed E-state index contributed by atoms with van der Waals surface area (Å²) < 4.78 is 1.71. The van der Waals surface area contributed by atoms with Crippen LogP contribution in [0.15, 0.2) is 6.33 Å². The number of rotatable bonds is 1. The molecule has 0 atom stereocenters. The number of hydrogen-bond acceptors (Lipinski definition) is 4. The van der Waals surface area contributed by atoms with Crippen LogP contribution >= 0.6 is 0 Å². The second-order valence-corrected chi connectivity index (χ2v) is 2.77. The molecule has 0 radical (unpaired) electrons. The molecule has 0 aliphatic rings. The van der Waals surface area contributed by atoms with Gasteiger partial charge in [0.05, 0.1) is 5.39 Å². The fraction of sp³-hybridized carbons (Fsp3) is 0.222. The molecule has 2 heterocycles. The van der Waals surface area contributed by atoms with Crippen molar-refractivity contribution < 1.29 is 0 Å². The van der Waals surface area contributed by atoms with E-state index < -0.39 is 0 Å². The van der Waals surface area contributed by atoms with E-state index in [-0.39, 0.29) is 0 Å². The lowest BCUT2D eigenvalue weighted by Gasteiger charge is -1.96. The molecule has 5 nitrogen and oxygen atoms in total. The molecule has 0 saturated heterocycles. The summed E-state index contributed by atoms with van der Waals surface area (Å²) in [7, 11) is 0. The highest BCUT2D eigenvalue weighted by Crippen LogP contribution is 2.19. The van der Waals surface area contributed by atoms with Crippen LogP contribution in [0.25, 0.3) is 11.0 Å². The van der Waals surface area contributed by atoms with E-state index in [0.717, 1.165) is 0 Å². The average molecular weight is 187 g/mol. The van der Waals surface area contributed by atoms with Crippen molar-refractivity contribution in [3.8, 4) is 12.3 Å². The van der Waals surface area contributed by atoms with Crippen molar-refractivity contribution in [3.05, 3.63) is 12.0 Å². The van der Waals surface area contributed by atoms with Gasteiger partial charge in [-0.1, -0.05) is 0 Å². The van der Waals surface area contributed by atoms with Crippen molar-refractivity contribution in [1.29, 1.82) is 0 Å². The van der Waals surface area contributed by atoms with E-state index in [1.165, 1.54) is 6.33 Å². The molecule has 0 aliphatic carbocycles. The fourth-order valence-corrected chi connectivity index (χ4v) is 1.35. The number of fused-ring (bicyclic) bond motifs is 1. The lowest BCUT2D eigenvalue weighted by atomic mass is 10.3. The normalized spacial score (nSPS) is 10.3. The monoisotopic (exact) mass is 187 g/mol. The van der Waals surface area contributed by atoms with Crippen LogP contribution in [0.2, 0.25) is 0 Å². The van der Waals surface area contributed by atoms with Crippen molar-refractivity contribution in [2.24, 2.45) is 0 Å². The van der Waals surface area contributed by atoms with Gasteiger partial charge in [0, 0.05) is 6.54 Å². The van der Waals surface area contributed by atoms with Gasteiger partial charge in [0.2, 0.25) is 0 Å². The molecule has 5 heteroatoms. The number of terminal acetylenes is 1. The third kappa shape index (κ3) is 1.01. The molecule has 0 saturated carbocycles. The first-order valence-electron chi connectivity index (χ1n) is 4.21. The van der Waals surface area contributed by atoms with Gasteiger partial charge in [-0.25, -0.2) is 14.6 Å². The first-order valence-corrected chi connectivity index (χ1v) is 4.21. The second-order valence-electron chi connectivity index (χ2n) is 2.77. The SMILES string of the molecule is C#Cc1nn(CC)c2ncnc(N)c12. The van der Waals surface area contributed by atoms with E-state index in [2.05, 4.69) is 21.0 Å². The Morgan fingerprint density at radius 1 is 1.57 bits per heavy atom. The van der Waals surface area contributed by atoms with Gasteiger partial charge in [-0.2, -0.15) is 5.10 Å². The van der Waals surface area contributed by atoms with Crippen LogP contribution in [0.5, 0.6) is 0 Å². The van der Waals surface area contributed by atoms with E-state index in [0.29, 0.717) is 29.1 Å². The summed E-state index contributed by atoms with van der Waals surface area (Å²) in [6.07, 6.45) is 6.72. The van der Waals surface area contributed by atoms with Gasteiger partial charge >= 0.3 is 0 Å². The van der Waals surface area contributed by atoms with Crippen molar-refractivity contribution in [3.63, 3.8) is 0 Å². The van der Waals surface area contributed by atoms with Gasteiger partial charge in [0.1, 0.15) is 17.8 Å². The zero-order chi connectivity index (χ0) is 10.1. The number of aryl methyl sites for hydroxylation is 1. The highest BCUT2D eigenvalue weighted by molar-refractivity contribution is 5.90. The summed E-state index contributed by atoms with van der Waals surface area (Å²) in [6.45, 7) is 2.67. The van der Waals surface area contributed by atoms with Crippen molar-refractivity contribution in [2.45, 2.75) is 13.5 Å². The minimum absolute atomic E-state index is 0.377. The van der Waals surface area contributed by atoms with Crippen LogP contribution in [-0.2, 0) is 6.54 Å². The van der Waals surface area contributed by atoms with Crippen molar-refractivity contribution >= 4 is 16.9 Å². The van der Waals surface area contributed by atoms with Crippen LogP contribution in [0.3, 0.4) is 0 Å². The molecular weight excluding hydrogens is 178 g/mol. The molecule has 0 amide bonds. The highest BCUT2D eigenvalue weighted by atomic mass is 15.3. The molecule has 0 bridgehead atoms. The second kappa shape index (κ2) is 3.00. The van der Waals surface area contributed by atoms with Gasteiger partial charge in [0.15, 0.2) is 5.65 Å². The minimum Gasteiger partial charge on any atom is -0.383 e. The summed E-state index contributed by atoms with van der Waals surface area (Å²) >= 11 is 0. The Hall–Kier alpha value is -2.09. The van der Waals surface area contributed by atoms with Gasteiger partial charge in [-0.05, 0) is 12.8 Å². The predicted octanol–water partition coefficient (Wildman–Crippen LogP) is 0.410. The van der Waals surface area contributed by atoms with E-state index in [9.17, 15) is 0 Å². The van der Waals surface area contributed by atoms with Crippen LogP contribution in [0.4, 0.5) is 5.82 Å². The van der Waals surface area contributed by atoms with Crippen molar-refractivity contribution in [1.82, 2.24) is 19.7 Å². The summed E-state index contributed by atoms with van der Waals surface area (Å²) in [5.74, 6) is 2.85. The zero-order valence-corrected chi connectivity index (χ0v) is 7.73. The molecule has 2 N–H and O–H groups in total. The molecule has 2 rings (SSSR count). The molecular formula is C9H9N5. The Morgan fingerprint density at radius 2 is 2.36 bits per heavy atom. The molecule has 0 aliphatic heterocycles. The Morgan fingerprint density at radius 3 is 3.00 bits per heavy atom. The van der Waals surface area contributed by atoms with Gasteiger partial charge in [-0.15, -0.1) is 6.42 Å². The van der Waals surface area contributed by atoms with Crippen LogP contribution in [-0.4, -0.2) is 19.7 Å². The Bertz CT molecular complexity index is 520. The topological polar surface area (TPSA) is 69.6 Å². The lowest BCUT2D eigenvalue weighted by molar-refractivity contribution is 0.674. The van der Waals surface area contributed by atoms with Gasteiger partial charge < -0.3 is 5.73 Å². The van der Waals surface area contributed by atoms with Crippen LogP contribution in [0, 0.1) is 12.3 Å². The Labute approximate surface area is 81.0 Å². The number of nitrogens with two attached hydrogens (primary N) is 1. The zero-order valence-electron chi connectivity index (χ0n) is 7.73. The standard InChI is InChI=1S/C9H9N5/c1-3-6-7-8(10)11-5-12-9(7)14(4-2)13-6/h1,5H,4H2,2H3,(H2,10,11,12). The van der Waals surface area contributed by atoms with Gasteiger partial charge in [-0.3, -0.25) is 0 Å². The summed E-state index contributed by atoms with van der Waals surface area (Å²) in [5, 5.41) is 4.85. The largest absolute Gasteiger partial charge is 0.383 e.